The molecule has 0 aliphatic carbocycles. The van der Waals surface area contributed by atoms with Gasteiger partial charge in [-0.15, -0.1) is 0 Å². The van der Waals surface area contributed by atoms with Gasteiger partial charge in [0.15, 0.2) is 0 Å². The SMILES string of the molecule is O=C(Nc1ccc(-c2cc(C(F)(F)F)ccc2C(F)(F)F)cc1)c1ccnc2ccccc12. The van der Waals surface area contributed by atoms with Crippen molar-refractivity contribution < 1.29 is 31.1 Å². The maximum Gasteiger partial charge on any atom is 0.417 e. The zero-order valence-corrected chi connectivity index (χ0v) is 16.6. The number of anilines is 1. The summed E-state index contributed by atoms with van der Waals surface area (Å²) in [5.74, 6) is -0.462. The minimum absolute atomic E-state index is 0.0687. The number of carbonyl (C=O) groups is 1. The Labute approximate surface area is 183 Å². The molecule has 0 atom stereocenters. The Morgan fingerprint density at radius 2 is 1.48 bits per heavy atom. The third-order valence-electron chi connectivity index (χ3n) is 5.00. The van der Waals surface area contributed by atoms with Gasteiger partial charge in [0.05, 0.1) is 22.2 Å². The summed E-state index contributed by atoms with van der Waals surface area (Å²) < 4.78 is 79.3. The molecule has 0 saturated carbocycles. The van der Waals surface area contributed by atoms with E-state index >= 15 is 0 Å². The van der Waals surface area contributed by atoms with Crippen LogP contribution in [0.15, 0.2) is 79.0 Å². The normalized spacial score (nSPS) is 12.1. The highest BCUT2D eigenvalue weighted by Gasteiger charge is 2.37. The second-order valence-corrected chi connectivity index (χ2v) is 7.16. The number of carbonyl (C=O) groups excluding carboxylic acids is 1. The molecular formula is C24H14F6N2O. The van der Waals surface area contributed by atoms with Gasteiger partial charge < -0.3 is 5.32 Å². The zero-order valence-electron chi connectivity index (χ0n) is 16.6. The fourth-order valence-electron chi connectivity index (χ4n) is 3.43. The number of halogens is 6. The van der Waals surface area contributed by atoms with Crippen LogP contribution in [0, 0.1) is 0 Å². The lowest BCUT2D eigenvalue weighted by Gasteiger charge is -2.16. The molecule has 3 aromatic carbocycles. The fraction of sp³-hybridized carbons (Fsp3) is 0.0833. The van der Waals surface area contributed by atoms with E-state index in [2.05, 4.69) is 10.3 Å². The van der Waals surface area contributed by atoms with Gasteiger partial charge in [0.2, 0.25) is 0 Å². The van der Waals surface area contributed by atoms with Crippen molar-refractivity contribution in [2.75, 3.05) is 5.32 Å². The van der Waals surface area contributed by atoms with E-state index in [4.69, 9.17) is 0 Å². The number of rotatable bonds is 3. The Morgan fingerprint density at radius 3 is 2.15 bits per heavy atom. The second-order valence-electron chi connectivity index (χ2n) is 7.16. The van der Waals surface area contributed by atoms with E-state index in [-0.39, 0.29) is 11.3 Å². The Balaban J connectivity index is 1.65. The van der Waals surface area contributed by atoms with Crippen molar-refractivity contribution in [2.45, 2.75) is 12.4 Å². The van der Waals surface area contributed by atoms with Crippen LogP contribution in [-0.2, 0) is 12.4 Å². The van der Waals surface area contributed by atoms with Gasteiger partial charge in [-0.1, -0.05) is 30.3 Å². The van der Waals surface area contributed by atoms with Crippen molar-refractivity contribution >= 4 is 22.5 Å². The first kappa shape index (κ1) is 22.3. The number of benzene rings is 3. The molecule has 1 N–H and O–H groups in total. The maximum atomic E-state index is 13.4. The van der Waals surface area contributed by atoms with Crippen LogP contribution in [0.3, 0.4) is 0 Å². The maximum absolute atomic E-state index is 13.4. The van der Waals surface area contributed by atoms with Crippen LogP contribution in [0.1, 0.15) is 21.5 Å². The Morgan fingerprint density at radius 1 is 0.788 bits per heavy atom. The number of nitrogens with zero attached hydrogens (tertiary/aromatic N) is 1. The molecule has 33 heavy (non-hydrogen) atoms. The van der Waals surface area contributed by atoms with Gasteiger partial charge >= 0.3 is 12.4 Å². The first-order valence-electron chi connectivity index (χ1n) is 9.58. The largest absolute Gasteiger partial charge is 0.417 e. The smallest absolute Gasteiger partial charge is 0.322 e. The van der Waals surface area contributed by atoms with Crippen LogP contribution in [0.2, 0.25) is 0 Å². The predicted octanol–water partition coefficient (Wildman–Crippen LogP) is 7.19. The fourth-order valence-corrected chi connectivity index (χ4v) is 3.43. The summed E-state index contributed by atoms with van der Waals surface area (Å²) in [5, 5.41) is 3.26. The molecule has 9 heteroatoms. The number of fused-ring (bicyclic) bond motifs is 1. The zero-order chi connectivity index (χ0) is 23.8. The summed E-state index contributed by atoms with van der Waals surface area (Å²) in [7, 11) is 0. The van der Waals surface area contributed by atoms with Crippen LogP contribution < -0.4 is 5.32 Å². The molecule has 4 rings (SSSR count). The van der Waals surface area contributed by atoms with E-state index in [0.29, 0.717) is 34.7 Å². The average molecular weight is 460 g/mol. The van der Waals surface area contributed by atoms with Gasteiger partial charge in [-0.05, 0) is 53.6 Å². The number of aromatic nitrogens is 1. The summed E-state index contributed by atoms with van der Waals surface area (Å²) in [6, 6.07) is 14.9. The molecule has 0 spiro atoms. The first-order valence-corrected chi connectivity index (χ1v) is 9.58. The second kappa shape index (κ2) is 8.23. The minimum Gasteiger partial charge on any atom is -0.322 e. The molecule has 4 aromatic rings. The molecule has 1 amide bonds. The number of para-hydroxylation sites is 1. The summed E-state index contributed by atoms with van der Waals surface area (Å²) in [5.41, 5.74) is -1.81. The van der Waals surface area contributed by atoms with E-state index in [1.165, 1.54) is 36.5 Å². The van der Waals surface area contributed by atoms with E-state index in [1.54, 1.807) is 24.3 Å². The molecule has 0 fully saturated rings. The van der Waals surface area contributed by atoms with E-state index < -0.39 is 35.0 Å². The standard InChI is InChI=1S/C24H14F6N2O/c25-23(26,27)15-7-10-20(24(28,29)30)19(13-15)14-5-8-16(9-6-14)32-22(33)18-11-12-31-21-4-2-1-3-17(18)21/h1-13H,(H,32,33). The van der Waals surface area contributed by atoms with Crippen molar-refractivity contribution in [1.29, 1.82) is 0 Å². The van der Waals surface area contributed by atoms with Crippen LogP contribution in [0.25, 0.3) is 22.0 Å². The monoisotopic (exact) mass is 460 g/mol. The summed E-state index contributed by atoms with van der Waals surface area (Å²) in [6.07, 6.45) is -8.15. The third kappa shape index (κ3) is 4.67. The molecular weight excluding hydrogens is 446 g/mol. The van der Waals surface area contributed by atoms with Crippen molar-refractivity contribution in [2.24, 2.45) is 0 Å². The lowest BCUT2D eigenvalue weighted by molar-refractivity contribution is -0.141. The van der Waals surface area contributed by atoms with Crippen molar-refractivity contribution in [1.82, 2.24) is 4.98 Å². The third-order valence-corrected chi connectivity index (χ3v) is 5.00. The highest BCUT2D eigenvalue weighted by Crippen LogP contribution is 2.40. The number of hydrogen-bond donors (Lipinski definition) is 1. The molecule has 1 aromatic heterocycles. The van der Waals surface area contributed by atoms with E-state index in [0.717, 1.165) is 0 Å². The van der Waals surface area contributed by atoms with E-state index in [9.17, 15) is 31.1 Å². The highest BCUT2D eigenvalue weighted by atomic mass is 19.4. The lowest BCUT2D eigenvalue weighted by atomic mass is 9.96. The number of alkyl halides is 6. The van der Waals surface area contributed by atoms with Crippen molar-refractivity contribution in [3.05, 3.63) is 95.7 Å². The quantitative estimate of drug-likeness (QED) is 0.329. The Hall–Kier alpha value is -3.88. The summed E-state index contributed by atoms with van der Waals surface area (Å²) in [4.78, 5) is 16.9. The topological polar surface area (TPSA) is 42.0 Å². The number of amides is 1. The summed E-state index contributed by atoms with van der Waals surface area (Å²) >= 11 is 0. The van der Waals surface area contributed by atoms with Crippen LogP contribution in [-0.4, -0.2) is 10.9 Å². The van der Waals surface area contributed by atoms with Crippen molar-refractivity contribution in [3.63, 3.8) is 0 Å². The molecule has 0 bridgehead atoms. The van der Waals surface area contributed by atoms with Gasteiger partial charge in [-0.25, -0.2) is 0 Å². The lowest BCUT2D eigenvalue weighted by Crippen LogP contribution is -2.13. The van der Waals surface area contributed by atoms with Gasteiger partial charge in [0, 0.05) is 17.3 Å². The molecule has 0 radical (unpaired) electrons. The van der Waals surface area contributed by atoms with Crippen molar-refractivity contribution in [3.8, 4) is 11.1 Å². The molecule has 168 valence electrons. The first-order chi connectivity index (χ1) is 15.5. The molecule has 0 aliphatic heterocycles. The Bertz CT molecular complexity index is 1320. The van der Waals surface area contributed by atoms with Crippen LogP contribution in [0.4, 0.5) is 32.0 Å². The van der Waals surface area contributed by atoms with Gasteiger partial charge in [-0.3, -0.25) is 9.78 Å². The molecule has 0 unspecified atom stereocenters. The molecule has 1 heterocycles. The minimum atomic E-state index is -4.84. The predicted molar refractivity (Wildman–Crippen MR) is 112 cm³/mol. The number of pyridine rings is 1. The van der Waals surface area contributed by atoms with Crippen LogP contribution >= 0.6 is 0 Å². The number of hydrogen-bond acceptors (Lipinski definition) is 2. The van der Waals surface area contributed by atoms with Gasteiger partial charge in [0.1, 0.15) is 0 Å². The van der Waals surface area contributed by atoms with Gasteiger partial charge in [-0.2, -0.15) is 26.3 Å². The molecule has 3 nitrogen and oxygen atoms in total. The molecule has 0 saturated heterocycles. The van der Waals surface area contributed by atoms with Crippen LogP contribution in [0.5, 0.6) is 0 Å². The number of nitrogens with one attached hydrogen (secondary N) is 1. The van der Waals surface area contributed by atoms with E-state index in [1.807, 2.05) is 0 Å². The van der Waals surface area contributed by atoms with Gasteiger partial charge in [0.25, 0.3) is 5.91 Å². The average Bonchev–Trinajstić information content (AvgIpc) is 2.77. The Kier molecular flexibility index (Phi) is 5.57. The molecule has 0 aliphatic rings. The highest BCUT2D eigenvalue weighted by molar-refractivity contribution is 6.12. The summed E-state index contributed by atoms with van der Waals surface area (Å²) in [6.45, 7) is 0.